The zero-order chi connectivity index (χ0) is 8.55. The third-order valence-electron chi connectivity index (χ3n) is 4.07. The molecule has 1 nitrogen and oxygen atoms in total. The second-order valence-corrected chi connectivity index (χ2v) is 4.81. The molecule has 0 aromatic rings. The van der Waals surface area contributed by atoms with Gasteiger partial charge in [0.25, 0.3) is 0 Å². The van der Waals surface area contributed by atoms with Gasteiger partial charge in [0.1, 0.15) is 0 Å². The number of nitrogens with zero attached hydrogens (tertiary/aromatic N) is 1. The fourth-order valence-electron chi connectivity index (χ4n) is 2.67. The van der Waals surface area contributed by atoms with Crippen molar-refractivity contribution in [1.82, 2.24) is 4.90 Å². The first-order chi connectivity index (χ1) is 5.77. The van der Waals surface area contributed by atoms with E-state index in [1.165, 1.54) is 38.6 Å². The van der Waals surface area contributed by atoms with E-state index in [0.29, 0.717) is 0 Å². The van der Waals surface area contributed by atoms with Gasteiger partial charge in [-0.05, 0) is 45.2 Å². The van der Waals surface area contributed by atoms with E-state index in [1.807, 2.05) is 0 Å². The summed E-state index contributed by atoms with van der Waals surface area (Å²) in [6.07, 6.45) is 7.49. The van der Waals surface area contributed by atoms with Gasteiger partial charge in [-0.3, -0.25) is 0 Å². The Bertz CT molecular complexity index is 151. The molecule has 0 bridgehead atoms. The summed E-state index contributed by atoms with van der Waals surface area (Å²) in [5.74, 6) is 2.19. The summed E-state index contributed by atoms with van der Waals surface area (Å²) in [5.41, 5.74) is 0. The molecule has 0 unspecified atom stereocenters. The van der Waals surface area contributed by atoms with E-state index in [0.717, 1.165) is 17.9 Å². The number of likely N-dealkylation sites (tertiary alicyclic amines) is 1. The normalized spacial score (nSPS) is 39.5. The Kier molecular flexibility index (Phi) is 2.40. The van der Waals surface area contributed by atoms with Crippen LogP contribution in [0.2, 0.25) is 0 Å². The molecule has 1 aliphatic carbocycles. The van der Waals surface area contributed by atoms with Crippen molar-refractivity contribution in [3.63, 3.8) is 0 Å². The number of hydrogen-bond donors (Lipinski definition) is 0. The lowest BCUT2D eigenvalue weighted by Gasteiger charge is -2.42. The van der Waals surface area contributed by atoms with Gasteiger partial charge in [-0.15, -0.1) is 0 Å². The second kappa shape index (κ2) is 3.37. The minimum atomic E-state index is 0.837. The van der Waals surface area contributed by atoms with Crippen molar-refractivity contribution in [3.05, 3.63) is 0 Å². The van der Waals surface area contributed by atoms with Crippen LogP contribution in [-0.2, 0) is 0 Å². The van der Waals surface area contributed by atoms with Crippen molar-refractivity contribution in [2.75, 3.05) is 13.6 Å². The van der Waals surface area contributed by atoms with Crippen LogP contribution in [0.25, 0.3) is 0 Å². The highest BCUT2D eigenvalue weighted by molar-refractivity contribution is 4.84. The maximum Gasteiger partial charge on any atom is 0.00666 e. The van der Waals surface area contributed by atoms with Crippen molar-refractivity contribution in [1.29, 1.82) is 0 Å². The summed E-state index contributed by atoms with van der Waals surface area (Å²) >= 11 is 0. The van der Waals surface area contributed by atoms with Crippen molar-refractivity contribution in [2.24, 2.45) is 11.8 Å². The number of hydrogen-bond acceptors (Lipinski definition) is 1. The monoisotopic (exact) mass is 167 g/mol. The van der Waals surface area contributed by atoms with E-state index >= 15 is 0 Å². The molecule has 2 atom stereocenters. The molecule has 0 aromatic heterocycles. The quantitative estimate of drug-likeness (QED) is 0.580. The molecule has 0 amide bonds. The molecule has 1 saturated heterocycles. The van der Waals surface area contributed by atoms with Gasteiger partial charge in [0.15, 0.2) is 0 Å². The largest absolute Gasteiger partial charge is 0.304 e. The Hall–Kier alpha value is -0.0400. The molecule has 1 saturated carbocycles. The Labute approximate surface area is 76.1 Å². The van der Waals surface area contributed by atoms with Crippen molar-refractivity contribution in [3.8, 4) is 0 Å². The highest BCUT2D eigenvalue weighted by Crippen LogP contribution is 2.39. The van der Waals surface area contributed by atoms with Gasteiger partial charge in [-0.25, -0.2) is 0 Å². The Morgan fingerprint density at radius 3 is 2.33 bits per heavy atom. The zero-order valence-electron chi connectivity index (χ0n) is 8.42. The lowest BCUT2D eigenvalue weighted by Crippen LogP contribution is -2.41. The molecule has 1 aliphatic heterocycles. The maximum atomic E-state index is 2.51. The molecule has 2 aliphatic rings. The first-order valence-electron chi connectivity index (χ1n) is 5.47. The van der Waals surface area contributed by atoms with Crippen molar-refractivity contribution in [2.45, 2.75) is 45.1 Å². The molecule has 0 radical (unpaired) electrons. The van der Waals surface area contributed by atoms with Crippen LogP contribution in [0.1, 0.15) is 39.0 Å². The highest BCUT2D eigenvalue weighted by atomic mass is 15.1. The summed E-state index contributed by atoms with van der Waals surface area (Å²) < 4.78 is 0. The minimum absolute atomic E-state index is 0.837. The third-order valence-corrected chi connectivity index (χ3v) is 4.07. The van der Waals surface area contributed by atoms with Crippen molar-refractivity contribution < 1.29 is 0 Å². The molecule has 0 spiro atoms. The summed E-state index contributed by atoms with van der Waals surface area (Å²) in [4.78, 5) is 2.51. The number of piperidine rings is 1. The predicted octanol–water partition coefficient (Wildman–Crippen LogP) is 2.52. The molecular weight excluding hydrogens is 146 g/mol. The number of rotatable bonds is 1. The fraction of sp³-hybridized carbons (Fsp3) is 1.00. The van der Waals surface area contributed by atoms with Gasteiger partial charge >= 0.3 is 0 Å². The maximum absolute atomic E-state index is 2.51. The van der Waals surface area contributed by atoms with Crippen molar-refractivity contribution >= 4 is 0 Å². The van der Waals surface area contributed by atoms with E-state index < -0.39 is 0 Å². The van der Waals surface area contributed by atoms with E-state index in [2.05, 4.69) is 18.9 Å². The van der Waals surface area contributed by atoms with Gasteiger partial charge in [0, 0.05) is 6.04 Å². The predicted molar refractivity (Wildman–Crippen MR) is 52.2 cm³/mol. The van der Waals surface area contributed by atoms with Gasteiger partial charge in [0.05, 0.1) is 0 Å². The summed E-state index contributed by atoms with van der Waals surface area (Å²) in [7, 11) is 2.27. The lowest BCUT2D eigenvalue weighted by atomic mass is 9.71. The molecule has 12 heavy (non-hydrogen) atoms. The molecule has 0 N–H and O–H groups in total. The summed E-state index contributed by atoms with van der Waals surface area (Å²) in [6.45, 7) is 3.72. The molecule has 2 fully saturated rings. The Morgan fingerprint density at radius 2 is 1.83 bits per heavy atom. The minimum Gasteiger partial charge on any atom is -0.304 e. The van der Waals surface area contributed by atoms with Gasteiger partial charge < -0.3 is 4.90 Å². The van der Waals surface area contributed by atoms with E-state index in [-0.39, 0.29) is 0 Å². The average Bonchev–Trinajstić information content (AvgIpc) is 1.93. The molecule has 1 heterocycles. The van der Waals surface area contributed by atoms with Gasteiger partial charge in [-0.2, -0.15) is 0 Å². The van der Waals surface area contributed by atoms with E-state index in [1.54, 1.807) is 0 Å². The first kappa shape index (κ1) is 8.55. The third kappa shape index (κ3) is 1.52. The van der Waals surface area contributed by atoms with Gasteiger partial charge in [0.2, 0.25) is 0 Å². The van der Waals surface area contributed by atoms with Crippen LogP contribution in [0.5, 0.6) is 0 Å². The average molecular weight is 167 g/mol. The first-order valence-corrected chi connectivity index (χ1v) is 5.47. The van der Waals surface area contributed by atoms with Crippen LogP contribution < -0.4 is 0 Å². The standard InChI is InChI=1S/C11H21N/c1-9-8-11(6-7-12(9)2)10-4-3-5-10/h9-11H,3-8H2,1-2H3/t9-,11-/m1/s1. The fourth-order valence-corrected chi connectivity index (χ4v) is 2.67. The Balaban J connectivity index is 1.84. The van der Waals surface area contributed by atoms with Crippen LogP contribution in [0.4, 0.5) is 0 Å². The van der Waals surface area contributed by atoms with Crippen LogP contribution in [0.3, 0.4) is 0 Å². The summed E-state index contributed by atoms with van der Waals surface area (Å²) in [6, 6.07) is 0.837. The molecular formula is C11H21N. The van der Waals surface area contributed by atoms with E-state index in [9.17, 15) is 0 Å². The molecule has 1 heteroatoms. The Morgan fingerprint density at radius 1 is 1.08 bits per heavy atom. The van der Waals surface area contributed by atoms with Crippen LogP contribution in [0, 0.1) is 11.8 Å². The van der Waals surface area contributed by atoms with Crippen LogP contribution in [-0.4, -0.2) is 24.5 Å². The second-order valence-electron chi connectivity index (χ2n) is 4.81. The lowest BCUT2D eigenvalue weighted by molar-refractivity contribution is 0.0858. The SMILES string of the molecule is C[C@@H]1C[C@H](C2CCC2)CCN1C. The topological polar surface area (TPSA) is 3.24 Å². The highest BCUT2D eigenvalue weighted by Gasteiger charge is 2.31. The zero-order valence-corrected chi connectivity index (χ0v) is 8.42. The summed E-state index contributed by atoms with van der Waals surface area (Å²) in [5, 5.41) is 0. The molecule has 2 rings (SSSR count). The van der Waals surface area contributed by atoms with E-state index in [4.69, 9.17) is 0 Å². The van der Waals surface area contributed by atoms with Crippen LogP contribution in [0.15, 0.2) is 0 Å². The molecule has 70 valence electrons. The van der Waals surface area contributed by atoms with Gasteiger partial charge in [-0.1, -0.05) is 19.3 Å². The smallest absolute Gasteiger partial charge is 0.00666 e. The molecule has 0 aromatic carbocycles. The van der Waals surface area contributed by atoms with Crippen LogP contribution >= 0.6 is 0 Å².